The second-order valence-corrected chi connectivity index (χ2v) is 5.57. The molecule has 20 heavy (non-hydrogen) atoms. The molecule has 1 aliphatic heterocycles. The molecular formula is C14H9BrClFO3. The highest BCUT2D eigenvalue weighted by Crippen LogP contribution is 2.42. The van der Waals surface area contributed by atoms with Crippen molar-refractivity contribution in [2.45, 2.75) is 6.10 Å². The molecule has 1 N–H and O–H groups in total. The lowest BCUT2D eigenvalue weighted by Gasteiger charge is -2.14. The van der Waals surface area contributed by atoms with E-state index in [4.69, 9.17) is 21.1 Å². The summed E-state index contributed by atoms with van der Waals surface area (Å²) in [5, 5.41) is 10.7. The molecule has 0 saturated heterocycles. The van der Waals surface area contributed by atoms with Gasteiger partial charge >= 0.3 is 0 Å². The summed E-state index contributed by atoms with van der Waals surface area (Å²) >= 11 is 9.35. The molecule has 1 atom stereocenters. The van der Waals surface area contributed by atoms with Gasteiger partial charge in [0.2, 0.25) is 6.79 Å². The summed E-state index contributed by atoms with van der Waals surface area (Å²) in [5.74, 6) is 0.662. The number of benzene rings is 2. The molecule has 0 aliphatic carbocycles. The van der Waals surface area contributed by atoms with Crippen LogP contribution in [0.2, 0.25) is 5.02 Å². The third kappa shape index (κ3) is 2.37. The molecule has 0 fully saturated rings. The Morgan fingerprint density at radius 1 is 1.25 bits per heavy atom. The van der Waals surface area contributed by atoms with Gasteiger partial charge in [0.1, 0.15) is 11.9 Å². The molecule has 3 nitrogen and oxygen atoms in total. The monoisotopic (exact) mass is 358 g/mol. The number of ether oxygens (including phenoxy) is 2. The lowest BCUT2D eigenvalue weighted by atomic mass is 10.0. The maximum atomic E-state index is 13.3. The molecular weight excluding hydrogens is 351 g/mol. The molecule has 2 aromatic carbocycles. The topological polar surface area (TPSA) is 38.7 Å². The summed E-state index contributed by atoms with van der Waals surface area (Å²) in [7, 11) is 0. The molecule has 1 aliphatic rings. The second-order valence-electron chi connectivity index (χ2n) is 4.30. The molecule has 0 spiro atoms. The molecule has 0 saturated carbocycles. The maximum absolute atomic E-state index is 13.3. The van der Waals surface area contributed by atoms with E-state index in [0.29, 0.717) is 32.1 Å². The Balaban J connectivity index is 2.04. The van der Waals surface area contributed by atoms with Gasteiger partial charge in [-0.2, -0.15) is 0 Å². The van der Waals surface area contributed by atoms with Crippen molar-refractivity contribution in [3.63, 3.8) is 0 Å². The highest BCUT2D eigenvalue weighted by atomic mass is 79.9. The van der Waals surface area contributed by atoms with Gasteiger partial charge in [-0.15, -0.1) is 0 Å². The Hall–Kier alpha value is -1.30. The van der Waals surface area contributed by atoms with Crippen molar-refractivity contribution in [3.8, 4) is 11.5 Å². The first-order valence-electron chi connectivity index (χ1n) is 5.78. The van der Waals surface area contributed by atoms with E-state index in [2.05, 4.69) is 15.9 Å². The van der Waals surface area contributed by atoms with Crippen molar-refractivity contribution in [2.75, 3.05) is 6.79 Å². The second kappa shape index (κ2) is 5.24. The van der Waals surface area contributed by atoms with Crippen molar-refractivity contribution >= 4 is 27.5 Å². The number of hydrogen-bond acceptors (Lipinski definition) is 3. The van der Waals surface area contributed by atoms with Crippen LogP contribution in [0, 0.1) is 5.82 Å². The van der Waals surface area contributed by atoms with Crippen LogP contribution in [-0.4, -0.2) is 11.9 Å². The van der Waals surface area contributed by atoms with Crippen molar-refractivity contribution in [1.82, 2.24) is 0 Å². The fraction of sp³-hybridized carbons (Fsp3) is 0.143. The van der Waals surface area contributed by atoms with Gasteiger partial charge in [-0.25, -0.2) is 4.39 Å². The predicted octanol–water partition coefficient (Wildman–Crippen LogP) is 4.05. The standard InChI is InChI=1S/C14H9BrClFO3/c15-10-3-7(4-12-14(10)20-6-19-12)13(18)9-5-8(17)1-2-11(9)16/h1-5,13,18H,6H2. The van der Waals surface area contributed by atoms with Crippen molar-refractivity contribution in [3.05, 3.63) is 56.8 Å². The van der Waals surface area contributed by atoms with E-state index >= 15 is 0 Å². The minimum atomic E-state index is -1.05. The van der Waals surface area contributed by atoms with Crippen LogP contribution >= 0.6 is 27.5 Å². The van der Waals surface area contributed by atoms with E-state index < -0.39 is 11.9 Å². The SMILES string of the molecule is OC(c1cc(Br)c2c(c1)OCO2)c1cc(F)ccc1Cl. The fourth-order valence-corrected chi connectivity index (χ4v) is 2.84. The average Bonchev–Trinajstić information content (AvgIpc) is 2.89. The summed E-state index contributed by atoms with van der Waals surface area (Å²) < 4.78 is 24.5. The fourth-order valence-electron chi connectivity index (χ4n) is 2.05. The van der Waals surface area contributed by atoms with E-state index in [9.17, 15) is 9.50 Å². The molecule has 0 aromatic heterocycles. The number of aliphatic hydroxyl groups excluding tert-OH is 1. The molecule has 2 aromatic rings. The highest BCUT2D eigenvalue weighted by molar-refractivity contribution is 9.10. The van der Waals surface area contributed by atoms with E-state index in [1.807, 2.05) is 0 Å². The van der Waals surface area contributed by atoms with E-state index in [-0.39, 0.29) is 6.79 Å². The summed E-state index contributed by atoms with van der Waals surface area (Å²) in [6.45, 7) is 0.133. The number of halogens is 3. The number of rotatable bonds is 2. The molecule has 0 bridgehead atoms. The van der Waals surface area contributed by atoms with Crippen LogP contribution in [0.15, 0.2) is 34.8 Å². The van der Waals surface area contributed by atoms with Crippen molar-refractivity contribution in [2.24, 2.45) is 0 Å². The van der Waals surface area contributed by atoms with Crippen LogP contribution in [0.1, 0.15) is 17.2 Å². The van der Waals surface area contributed by atoms with Gasteiger partial charge in [0.15, 0.2) is 11.5 Å². The molecule has 0 amide bonds. The smallest absolute Gasteiger partial charge is 0.231 e. The predicted molar refractivity (Wildman–Crippen MR) is 75.7 cm³/mol. The van der Waals surface area contributed by atoms with Crippen molar-refractivity contribution in [1.29, 1.82) is 0 Å². The van der Waals surface area contributed by atoms with Gasteiger partial charge in [0.25, 0.3) is 0 Å². The first-order valence-corrected chi connectivity index (χ1v) is 6.95. The maximum Gasteiger partial charge on any atom is 0.231 e. The Bertz CT molecular complexity index is 678. The molecule has 1 unspecified atom stereocenters. The van der Waals surface area contributed by atoms with Crippen LogP contribution in [0.4, 0.5) is 4.39 Å². The summed E-state index contributed by atoms with van der Waals surface area (Å²) in [4.78, 5) is 0. The van der Waals surface area contributed by atoms with Gasteiger partial charge in [-0.05, 0) is 51.8 Å². The lowest BCUT2D eigenvalue weighted by Crippen LogP contribution is -2.01. The third-order valence-electron chi connectivity index (χ3n) is 3.02. The van der Waals surface area contributed by atoms with Gasteiger partial charge < -0.3 is 14.6 Å². The Labute approximate surface area is 128 Å². The Morgan fingerprint density at radius 2 is 2.05 bits per heavy atom. The van der Waals surface area contributed by atoms with Crippen LogP contribution in [0.5, 0.6) is 11.5 Å². The lowest BCUT2D eigenvalue weighted by molar-refractivity contribution is 0.173. The summed E-state index contributed by atoms with van der Waals surface area (Å²) in [5.41, 5.74) is 0.839. The summed E-state index contributed by atoms with van der Waals surface area (Å²) in [6.07, 6.45) is -1.05. The van der Waals surface area contributed by atoms with E-state index in [1.165, 1.54) is 18.2 Å². The quantitative estimate of drug-likeness (QED) is 0.879. The minimum Gasteiger partial charge on any atom is -0.454 e. The Kier molecular flexibility index (Phi) is 3.58. The van der Waals surface area contributed by atoms with Crippen LogP contribution in [0.25, 0.3) is 0 Å². The molecule has 6 heteroatoms. The van der Waals surface area contributed by atoms with Crippen LogP contribution < -0.4 is 9.47 Å². The zero-order valence-corrected chi connectivity index (χ0v) is 12.4. The molecule has 0 radical (unpaired) electrons. The normalized spacial score (nSPS) is 14.4. The van der Waals surface area contributed by atoms with E-state index in [0.717, 1.165) is 0 Å². The highest BCUT2D eigenvalue weighted by Gasteiger charge is 2.22. The first kappa shape index (κ1) is 13.7. The van der Waals surface area contributed by atoms with Crippen LogP contribution in [-0.2, 0) is 0 Å². The van der Waals surface area contributed by atoms with Gasteiger partial charge in [-0.1, -0.05) is 11.6 Å². The van der Waals surface area contributed by atoms with E-state index in [1.54, 1.807) is 12.1 Å². The third-order valence-corrected chi connectivity index (χ3v) is 3.95. The largest absolute Gasteiger partial charge is 0.454 e. The minimum absolute atomic E-state index is 0.133. The zero-order valence-electron chi connectivity index (χ0n) is 10.1. The van der Waals surface area contributed by atoms with Gasteiger partial charge in [0.05, 0.1) is 4.47 Å². The van der Waals surface area contributed by atoms with Gasteiger partial charge in [-0.3, -0.25) is 0 Å². The number of aliphatic hydroxyl groups is 1. The van der Waals surface area contributed by atoms with Crippen molar-refractivity contribution < 1.29 is 19.0 Å². The molecule has 3 rings (SSSR count). The zero-order chi connectivity index (χ0) is 14.3. The number of hydrogen-bond donors (Lipinski definition) is 1. The van der Waals surface area contributed by atoms with Crippen LogP contribution in [0.3, 0.4) is 0 Å². The van der Waals surface area contributed by atoms with Gasteiger partial charge in [0, 0.05) is 10.6 Å². The summed E-state index contributed by atoms with van der Waals surface area (Å²) in [6, 6.07) is 7.22. The molecule has 104 valence electrons. The Morgan fingerprint density at radius 3 is 2.85 bits per heavy atom. The number of fused-ring (bicyclic) bond motifs is 1. The average molecular weight is 360 g/mol. The first-order chi connectivity index (χ1) is 9.56. The molecule has 1 heterocycles.